The number of nitrogens with two attached hydrogens (primary N) is 1. The average Bonchev–Trinajstić information content (AvgIpc) is 2.83. The van der Waals surface area contributed by atoms with Gasteiger partial charge in [-0.2, -0.15) is 0 Å². The summed E-state index contributed by atoms with van der Waals surface area (Å²) < 4.78 is 16.6. The Labute approximate surface area is 124 Å². The lowest BCUT2D eigenvalue weighted by atomic mass is 9.76. The highest BCUT2D eigenvalue weighted by molar-refractivity contribution is 5.80. The van der Waals surface area contributed by atoms with E-state index >= 15 is 0 Å². The van der Waals surface area contributed by atoms with Crippen LogP contribution in [0.1, 0.15) is 25.0 Å². The van der Waals surface area contributed by atoms with Gasteiger partial charge in [0, 0.05) is 19.1 Å². The van der Waals surface area contributed by atoms with Gasteiger partial charge < -0.3 is 19.7 Å². The zero-order chi connectivity index (χ0) is 14.9. The van der Waals surface area contributed by atoms with Gasteiger partial charge in [0.15, 0.2) is 5.82 Å². The molecule has 0 amide bonds. The lowest BCUT2D eigenvalue weighted by Gasteiger charge is -2.39. The SMILES string of the molecule is COc1ccccc1-c1c(N)noc1CC1(OC)CCC1. The van der Waals surface area contributed by atoms with Crippen LogP contribution >= 0.6 is 0 Å². The van der Waals surface area contributed by atoms with Gasteiger partial charge in [-0.3, -0.25) is 0 Å². The highest BCUT2D eigenvalue weighted by Gasteiger charge is 2.39. The van der Waals surface area contributed by atoms with Crippen molar-refractivity contribution in [2.75, 3.05) is 20.0 Å². The Morgan fingerprint density at radius 1 is 1.29 bits per heavy atom. The first-order chi connectivity index (χ1) is 10.2. The Morgan fingerprint density at radius 2 is 2.05 bits per heavy atom. The van der Waals surface area contributed by atoms with Crippen molar-refractivity contribution in [1.29, 1.82) is 0 Å². The van der Waals surface area contributed by atoms with Crippen LogP contribution in [0.4, 0.5) is 5.82 Å². The second-order valence-corrected chi connectivity index (χ2v) is 5.48. The van der Waals surface area contributed by atoms with E-state index in [1.54, 1.807) is 14.2 Å². The van der Waals surface area contributed by atoms with E-state index in [0.717, 1.165) is 35.5 Å². The van der Waals surface area contributed by atoms with E-state index in [1.807, 2.05) is 24.3 Å². The number of nitrogens with zero attached hydrogens (tertiary/aromatic N) is 1. The van der Waals surface area contributed by atoms with Crippen molar-refractivity contribution in [1.82, 2.24) is 5.16 Å². The molecule has 1 aliphatic carbocycles. The molecule has 21 heavy (non-hydrogen) atoms. The molecule has 0 radical (unpaired) electrons. The first kappa shape index (κ1) is 13.9. The summed E-state index contributed by atoms with van der Waals surface area (Å²) in [5.74, 6) is 1.91. The molecule has 0 saturated heterocycles. The maximum absolute atomic E-state index is 6.02. The van der Waals surface area contributed by atoms with Gasteiger partial charge in [-0.25, -0.2) is 0 Å². The molecule has 0 atom stereocenters. The Hall–Kier alpha value is -2.01. The van der Waals surface area contributed by atoms with Crippen LogP contribution in [0, 0.1) is 0 Å². The number of hydrogen-bond donors (Lipinski definition) is 1. The van der Waals surface area contributed by atoms with Crippen molar-refractivity contribution in [2.45, 2.75) is 31.3 Å². The highest BCUT2D eigenvalue weighted by atomic mass is 16.5. The van der Waals surface area contributed by atoms with Crippen molar-refractivity contribution < 1.29 is 14.0 Å². The van der Waals surface area contributed by atoms with Crippen molar-refractivity contribution in [3.8, 4) is 16.9 Å². The molecular weight excluding hydrogens is 268 g/mol. The number of anilines is 1. The molecule has 2 aromatic rings. The molecule has 5 nitrogen and oxygen atoms in total. The maximum atomic E-state index is 6.02. The highest BCUT2D eigenvalue weighted by Crippen LogP contribution is 2.42. The van der Waals surface area contributed by atoms with E-state index in [-0.39, 0.29) is 5.60 Å². The molecule has 0 bridgehead atoms. The smallest absolute Gasteiger partial charge is 0.175 e. The lowest BCUT2D eigenvalue weighted by molar-refractivity contribution is -0.0742. The molecule has 3 rings (SSSR count). The van der Waals surface area contributed by atoms with Crippen molar-refractivity contribution in [3.05, 3.63) is 30.0 Å². The van der Waals surface area contributed by atoms with E-state index in [4.69, 9.17) is 19.7 Å². The summed E-state index contributed by atoms with van der Waals surface area (Å²) in [6, 6.07) is 7.74. The normalized spacial score (nSPS) is 16.5. The number of rotatable bonds is 5. The van der Waals surface area contributed by atoms with E-state index < -0.39 is 0 Å². The van der Waals surface area contributed by atoms with Crippen molar-refractivity contribution >= 4 is 5.82 Å². The molecule has 1 aromatic heterocycles. The van der Waals surface area contributed by atoms with E-state index in [9.17, 15) is 0 Å². The van der Waals surface area contributed by atoms with Crippen molar-refractivity contribution in [3.63, 3.8) is 0 Å². The molecule has 2 N–H and O–H groups in total. The standard InChI is InChI=1S/C16H20N2O3/c1-19-12-7-4-3-6-11(12)14-13(21-18-15(14)17)10-16(20-2)8-5-9-16/h3-4,6-7H,5,8-10H2,1-2H3,(H2,17,18). The summed E-state index contributed by atoms with van der Waals surface area (Å²) >= 11 is 0. The molecule has 5 heteroatoms. The molecular formula is C16H20N2O3. The number of hydrogen-bond acceptors (Lipinski definition) is 5. The third-order valence-corrected chi connectivity index (χ3v) is 4.35. The minimum absolute atomic E-state index is 0.136. The van der Waals surface area contributed by atoms with Gasteiger partial charge in [0.1, 0.15) is 11.5 Å². The van der Waals surface area contributed by atoms with Crippen LogP contribution in [-0.2, 0) is 11.2 Å². The Balaban J connectivity index is 2.01. The van der Waals surface area contributed by atoms with Gasteiger partial charge in [0.2, 0.25) is 0 Å². The average molecular weight is 288 g/mol. The number of benzene rings is 1. The summed E-state index contributed by atoms with van der Waals surface area (Å²) in [7, 11) is 3.40. The van der Waals surface area contributed by atoms with Crippen LogP contribution in [0.5, 0.6) is 5.75 Å². The number of methoxy groups -OCH3 is 2. The summed E-state index contributed by atoms with van der Waals surface area (Å²) in [4.78, 5) is 0. The zero-order valence-electron chi connectivity index (χ0n) is 12.4. The number of aromatic nitrogens is 1. The molecule has 1 heterocycles. The van der Waals surface area contributed by atoms with Crippen LogP contribution in [0.2, 0.25) is 0 Å². The lowest BCUT2D eigenvalue weighted by Crippen LogP contribution is -2.41. The van der Waals surface area contributed by atoms with Gasteiger partial charge in [0.05, 0.1) is 18.3 Å². The first-order valence-corrected chi connectivity index (χ1v) is 7.12. The van der Waals surface area contributed by atoms with Crippen LogP contribution in [0.15, 0.2) is 28.8 Å². The zero-order valence-corrected chi connectivity index (χ0v) is 12.4. The largest absolute Gasteiger partial charge is 0.496 e. The summed E-state index contributed by atoms with van der Waals surface area (Å²) in [5, 5.41) is 3.94. The molecule has 1 aromatic carbocycles. The van der Waals surface area contributed by atoms with E-state index in [1.165, 1.54) is 6.42 Å². The molecule has 1 aliphatic rings. The van der Waals surface area contributed by atoms with Crippen LogP contribution in [0.25, 0.3) is 11.1 Å². The number of nitrogen functional groups attached to an aromatic ring is 1. The minimum atomic E-state index is -0.136. The van der Waals surface area contributed by atoms with E-state index in [0.29, 0.717) is 12.2 Å². The fourth-order valence-corrected chi connectivity index (χ4v) is 2.92. The topological polar surface area (TPSA) is 70.5 Å². The fourth-order valence-electron chi connectivity index (χ4n) is 2.92. The van der Waals surface area contributed by atoms with Gasteiger partial charge in [-0.1, -0.05) is 23.4 Å². The van der Waals surface area contributed by atoms with Crippen molar-refractivity contribution in [2.24, 2.45) is 0 Å². The van der Waals surface area contributed by atoms with E-state index in [2.05, 4.69) is 5.16 Å². The van der Waals surface area contributed by atoms with Gasteiger partial charge >= 0.3 is 0 Å². The molecule has 0 unspecified atom stereocenters. The summed E-state index contributed by atoms with van der Waals surface area (Å²) in [5.41, 5.74) is 7.60. The third-order valence-electron chi connectivity index (χ3n) is 4.35. The van der Waals surface area contributed by atoms with Crippen LogP contribution in [0.3, 0.4) is 0 Å². The minimum Gasteiger partial charge on any atom is -0.496 e. The fraction of sp³-hybridized carbons (Fsp3) is 0.438. The summed E-state index contributed by atoms with van der Waals surface area (Å²) in [6.45, 7) is 0. The Morgan fingerprint density at radius 3 is 2.67 bits per heavy atom. The van der Waals surface area contributed by atoms with Crippen LogP contribution < -0.4 is 10.5 Å². The Kier molecular flexibility index (Phi) is 3.59. The molecule has 112 valence electrons. The number of para-hydroxylation sites is 1. The molecule has 1 fully saturated rings. The molecule has 0 aliphatic heterocycles. The Bertz CT molecular complexity index is 627. The monoisotopic (exact) mass is 288 g/mol. The third kappa shape index (κ3) is 2.38. The second-order valence-electron chi connectivity index (χ2n) is 5.48. The quantitative estimate of drug-likeness (QED) is 0.915. The predicted molar refractivity (Wildman–Crippen MR) is 80.2 cm³/mol. The first-order valence-electron chi connectivity index (χ1n) is 7.12. The van der Waals surface area contributed by atoms with Gasteiger partial charge in [-0.15, -0.1) is 0 Å². The van der Waals surface area contributed by atoms with Crippen LogP contribution in [-0.4, -0.2) is 25.0 Å². The molecule has 1 saturated carbocycles. The van der Waals surface area contributed by atoms with Gasteiger partial charge in [-0.05, 0) is 25.3 Å². The maximum Gasteiger partial charge on any atom is 0.175 e. The summed E-state index contributed by atoms with van der Waals surface area (Å²) in [6.07, 6.45) is 3.94. The second kappa shape index (κ2) is 5.41. The number of ether oxygens (including phenoxy) is 2. The predicted octanol–water partition coefficient (Wildman–Crippen LogP) is 3.04. The van der Waals surface area contributed by atoms with Gasteiger partial charge in [0.25, 0.3) is 0 Å². The molecule has 0 spiro atoms.